The number of hydrogen-bond acceptors (Lipinski definition) is 22. The number of esters is 6. The van der Waals surface area contributed by atoms with E-state index in [1.54, 1.807) is 13.8 Å². The van der Waals surface area contributed by atoms with Gasteiger partial charge in [-0.2, -0.15) is 0 Å². The molecule has 120 heavy (non-hydrogen) atoms. The maximum absolute atomic E-state index is 13.9. The summed E-state index contributed by atoms with van der Waals surface area (Å²) in [6.45, 7) is 24.4. The normalized spacial score (nSPS) is 35.5. The average molecular weight is 1670 g/mol. The van der Waals surface area contributed by atoms with Gasteiger partial charge in [0.2, 0.25) is 0 Å². The predicted molar refractivity (Wildman–Crippen MR) is 446 cm³/mol. The van der Waals surface area contributed by atoms with Crippen molar-refractivity contribution in [3.05, 3.63) is 83.0 Å². The Morgan fingerprint density at radius 3 is 1.18 bits per heavy atom. The number of rotatable bonds is 39. The van der Waals surface area contributed by atoms with Gasteiger partial charge in [0.25, 0.3) is 25.9 Å². The first-order valence-corrected chi connectivity index (χ1v) is 46.0. The van der Waals surface area contributed by atoms with E-state index in [0.717, 1.165) is 125 Å². The van der Waals surface area contributed by atoms with Crippen LogP contribution in [0, 0.1) is 105 Å². The topological polar surface area (TPSA) is 281 Å². The van der Waals surface area contributed by atoms with E-state index in [0.29, 0.717) is 128 Å². The van der Waals surface area contributed by atoms with Crippen LogP contribution < -0.4 is 9.47 Å². The second-order valence-corrected chi connectivity index (χ2v) is 38.9. The molecule has 10 fully saturated rings. The zero-order valence-electron chi connectivity index (χ0n) is 73.2. The molecule has 0 aliphatic heterocycles. The Morgan fingerprint density at radius 1 is 0.425 bits per heavy atom. The van der Waals surface area contributed by atoms with Crippen LogP contribution in [-0.4, -0.2) is 137 Å². The highest BCUT2D eigenvalue weighted by Crippen LogP contribution is 2.72. The molecule has 0 amide bonds. The van der Waals surface area contributed by atoms with Gasteiger partial charge in [0.1, 0.15) is 73.5 Å². The van der Waals surface area contributed by atoms with Crippen molar-refractivity contribution in [2.45, 2.75) is 324 Å². The summed E-state index contributed by atoms with van der Waals surface area (Å²) in [5.74, 6) is 1.16. The van der Waals surface area contributed by atoms with Crippen molar-refractivity contribution < 1.29 is 105 Å². The fraction of sp³-hybridized carbons (Fsp3) is 0.735. The maximum Gasteiger partial charge on any atom is 0.330 e. The molecule has 10 saturated carbocycles. The monoisotopic (exact) mass is 1670 g/mol. The van der Waals surface area contributed by atoms with Crippen LogP contribution in [0.25, 0.3) is 0 Å². The second kappa shape index (κ2) is 41.6. The second-order valence-electron chi connectivity index (χ2n) is 38.9. The fourth-order valence-corrected chi connectivity index (χ4v) is 26.3. The molecule has 10 aliphatic carbocycles. The number of fused-ring (bicyclic) bond motifs is 10. The van der Waals surface area contributed by atoms with Gasteiger partial charge in [-0.1, -0.05) is 78.6 Å². The first-order chi connectivity index (χ1) is 57.8. The lowest BCUT2D eigenvalue weighted by atomic mass is 9.43. The van der Waals surface area contributed by atoms with Crippen molar-refractivity contribution in [1.29, 1.82) is 0 Å². The number of benzene rings is 2. The highest BCUT2D eigenvalue weighted by molar-refractivity contribution is 5.83. The predicted octanol–water partition coefficient (Wildman–Crippen LogP) is 17.6. The number of ether oxygens (including phenoxy) is 12. The van der Waals surface area contributed by atoms with Crippen LogP contribution in [0.3, 0.4) is 0 Å². The first kappa shape index (κ1) is 91.4. The van der Waals surface area contributed by atoms with Gasteiger partial charge in [0.05, 0.1) is 13.2 Å². The Hall–Kier alpha value is -7.78. The minimum atomic E-state index is -0.427. The van der Waals surface area contributed by atoms with E-state index in [2.05, 4.69) is 65.8 Å². The van der Waals surface area contributed by atoms with Gasteiger partial charge in [0, 0.05) is 60.5 Å². The van der Waals surface area contributed by atoms with Crippen LogP contribution >= 0.6 is 0 Å². The molecule has 662 valence electrons. The third kappa shape index (κ3) is 21.2. The van der Waals surface area contributed by atoms with Crippen molar-refractivity contribution in [2.75, 3.05) is 26.4 Å². The van der Waals surface area contributed by atoms with E-state index in [-0.39, 0.29) is 217 Å². The van der Waals surface area contributed by atoms with Gasteiger partial charge in [-0.15, -0.1) is 0 Å². The molecule has 22 heteroatoms. The number of carbonyl (C=O) groups is 10. The van der Waals surface area contributed by atoms with Gasteiger partial charge in [-0.3, -0.25) is 38.4 Å². The first-order valence-electron chi connectivity index (χ1n) is 46.0. The lowest BCUT2D eigenvalue weighted by molar-refractivity contribution is -0.219. The van der Waals surface area contributed by atoms with Gasteiger partial charge >= 0.3 is 35.8 Å². The molecule has 22 nitrogen and oxygen atoms in total. The Morgan fingerprint density at radius 2 is 0.800 bits per heavy atom. The lowest BCUT2D eigenvalue weighted by Crippen LogP contribution is -2.63. The Balaban J connectivity index is 0.577. The summed E-state index contributed by atoms with van der Waals surface area (Å²) >= 11 is 0. The summed E-state index contributed by atoms with van der Waals surface area (Å²) in [6, 6.07) is 16.0. The Bertz CT molecular complexity index is 3620. The van der Waals surface area contributed by atoms with Gasteiger partial charge in [-0.05, 0) is 323 Å². The highest BCUT2D eigenvalue weighted by Gasteiger charge is 2.70. The standard InChI is InChI=1S/C98H138O22/c1-11-109-91(107)45-61(3)55-111-71-31-27-65(28-32-71)47-67-19-13-15-21-81(67)119-89(105)39-25-63(5)75-35-37-77-93-79(53-85(115-59-101)97(75,77)9)95(7)43-41-73(49-69(95)51-83(93)113-57-99)117-87(103)23-17-18-24-88(104)118-74-42-44-96(8)70(50-74)52-84(114-58-100)94-78-38-36-76(98(78,10)86(116-60-102)54-80(94)96)64(6)26-40-90(106)120-82-22-16-14-20-68(82)48-66-29-33-72(34-30-66)112-56-62(4)46-92(108)110-12-2/h27-34,45-46,57-60,63-64,67-70,73-86,93-94H,11-26,35-44,47-56H2,1-10H3/b61-45+,62-46+/t63-,64-,67+,68+,69+,70+,73-,74-,75-,76-,77+,78+,79+,80+,81+,82+,83-,84-,85+,86+,93+,94+,95+,96+,97-,98-/m1/s1. The summed E-state index contributed by atoms with van der Waals surface area (Å²) in [7, 11) is 0. The molecular formula is C98H138O22. The molecule has 2 aromatic rings. The molecule has 0 heterocycles. The van der Waals surface area contributed by atoms with Crippen molar-refractivity contribution in [3.63, 3.8) is 0 Å². The van der Waals surface area contributed by atoms with E-state index >= 15 is 0 Å². The van der Waals surface area contributed by atoms with Crippen LogP contribution in [0.2, 0.25) is 0 Å². The molecule has 10 aliphatic rings. The molecule has 0 aromatic heterocycles. The largest absolute Gasteiger partial charge is 0.489 e. The highest BCUT2D eigenvalue weighted by atomic mass is 16.6. The summed E-state index contributed by atoms with van der Waals surface area (Å²) in [6.07, 6.45) is 23.1. The van der Waals surface area contributed by atoms with E-state index < -0.39 is 10.8 Å². The number of unbranched alkanes of at least 4 members (excludes halogenated alkanes) is 1. The average Bonchev–Trinajstić information content (AvgIpc) is 1.19. The molecule has 0 saturated heterocycles. The SMILES string of the molecule is CCOC(=O)/C=C(\C)COc1ccc(C[C@@H]2CCCC[C@@H]2OC(=O)CC[C@@H](C)[C@H]2CC[C@H]3[C@@H]4[C@H](OC=O)C[C@@H]5C[C@H](OC(=O)CCCCC(=O)O[C@@H]6CC[C@@]7(C)[C@@H](C6)C[C@@H](OC=O)[C@@H]6[C@@H]7C[C@H](OC=O)[C@]7(C)[C@@H]([C@H](C)CCC(=O)O[C@H]8CCCC[C@H]8Cc8ccc(OC/C(C)=C/C(=O)OCC)cc8)CC[C@@H]67)CC[C@]5(C)[C@H]4C[C@H](OC=O)[C@]23C)cc1. The molecule has 0 spiro atoms. The molecule has 0 N–H and O–H groups in total. The Labute approximate surface area is 711 Å². The third-order valence-electron chi connectivity index (χ3n) is 32.3. The number of carbonyl (C=O) groups excluding carboxylic acids is 10. The van der Waals surface area contributed by atoms with Crippen molar-refractivity contribution in [1.82, 2.24) is 0 Å². The number of hydrogen-bond donors (Lipinski definition) is 0. The van der Waals surface area contributed by atoms with Crippen LogP contribution in [-0.2, 0) is 108 Å². The van der Waals surface area contributed by atoms with Crippen LogP contribution in [0.1, 0.15) is 273 Å². The maximum atomic E-state index is 13.9. The zero-order chi connectivity index (χ0) is 85.5. The van der Waals surface area contributed by atoms with Gasteiger partial charge in [0.15, 0.2) is 0 Å². The molecular weight excluding hydrogens is 1530 g/mol. The zero-order valence-corrected chi connectivity index (χ0v) is 73.2. The van der Waals surface area contributed by atoms with E-state index in [1.165, 1.54) is 12.2 Å². The fourth-order valence-electron chi connectivity index (χ4n) is 26.3. The lowest BCUT2D eigenvalue weighted by Gasteiger charge is -2.64. The van der Waals surface area contributed by atoms with Crippen LogP contribution in [0.5, 0.6) is 11.5 Å². The Kier molecular flexibility index (Phi) is 31.7. The van der Waals surface area contributed by atoms with Crippen LogP contribution in [0.15, 0.2) is 71.8 Å². The van der Waals surface area contributed by atoms with Crippen LogP contribution in [0.4, 0.5) is 0 Å². The van der Waals surface area contributed by atoms with Crippen molar-refractivity contribution in [2.24, 2.45) is 105 Å². The van der Waals surface area contributed by atoms with E-state index in [9.17, 15) is 47.9 Å². The molecule has 2 aromatic carbocycles. The molecule has 0 radical (unpaired) electrons. The third-order valence-corrected chi connectivity index (χ3v) is 32.3. The minimum absolute atomic E-state index is 0.0359. The van der Waals surface area contributed by atoms with E-state index in [1.807, 2.05) is 38.1 Å². The molecule has 0 bridgehead atoms. The van der Waals surface area contributed by atoms with Crippen molar-refractivity contribution in [3.8, 4) is 11.5 Å². The van der Waals surface area contributed by atoms with Gasteiger partial charge < -0.3 is 56.8 Å². The van der Waals surface area contributed by atoms with Gasteiger partial charge in [-0.25, -0.2) is 9.59 Å². The van der Waals surface area contributed by atoms with E-state index in [4.69, 9.17) is 56.8 Å². The van der Waals surface area contributed by atoms with Crippen molar-refractivity contribution >= 4 is 61.7 Å². The summed E-state index contributed by atoms with van der Waals surface area (Å²) in [4.78, 5) is 129. The summed E-state index contributed by atoms with van der Waals surface area (Å²) in [5, 5.41) is 0. The summed E-state index contributed by atoms with van der Waals surface area (Å²) < 4.78 is 71.9. The molecule has 26 atom stereocenters. The summed E-state index contributed by atoms with van der Waals surface area (Å²) in [5.41, 5.74) is 2.56. The minimum Gasteiger partial charge on any atom is -0.489 e. The quantitative estimate of drug-likeness (QED) is 0.0198. The molecule has 12 rings (SSSR count). The smallest absolute Gasteiger partial charge is 0.330 e. The molecule has 0 unspecified atom stereocenters.